The Balaban J connectivity index is 2.76. The van der Waals surface area contributed by atoms with E-state index in [1.165, 1.54) is 13.3 Å². The fraction of sp³-hybridized carbons (Fsp3) is 0.400. The van der Waals surface area contributed by atoms with E-state index < -0.39 is 11.8 Å². The molecule has 1 atom stereocenters. The lowest BCUT2D eigenvalue weighted by atomic mass is 10.1. The minimum Gasteiger partial charge on any atom is -0.369 e. The van der Waals surface area contributed by atoms with Gasteiger partial charge in [-0.2, -0.15) is 5.10 Å². The van der Waals surface area contributed by atoms with Crippen molar-refractivity contribution in [2.75, 3.05) is 7.05 Å². The van der Waals surface area contributed by atoms with Gasteiger partial charge < -0.3 is 5.73 Å². The number of nitrogens with zero attached hydrogens (tertiary/aromatic N) is 2. The highest BCUT2D eigenvalue weighted by Gasteiger charge is 2.30. The summed E-state index contributed by atoms with van der Waals surface area (Å²) in [6.45, 7) is 0. The van der Waals surface area contributed by atoms with E-state index in [0.29, 0.717) is 0 Å². The van der Waals surface area contributed by atoms with Crippen LogP contribution >= 0.6 is 0 Å². The topological polar surface area (TPSA) is 75.8 Å². The van der Waals surface area contributed by atoms with Crippen LogP contribution in [0.5, 0.6) is 0 Å². The number of nitrogens with two attached hydrogens (primary N) is 1. The Morgan fingerprint density at radius 3 is 2.70 bits per heavy atom. The molecule has 0 saturated heterocycles. The van der Waals surface area contributed by atoms with E-state index in [-0.39, 0.29) is 5.91 Å². The quantitative estimate of drug-likeness (QED) is 0.453. The van der Waals surface area contributed by atoms with E-state index in [1.54, 1.807) is 0 Å². The van der Waals surface area contributed by atoms with E-state index in [1.807, 2.05) is 0 Å². The van der Waals surface area contributed by atoms with Crippen molar-refractivity contribution >= 4 is 18.0 Å². The average Bonchev–Trinajstić information content (AvgIpc) is 2.14. The second kappa shape index (κ2) is 2.09. The van der Waals surface area contributed by atoms with E-state index in [0.717, 1.165) is 5.01 Å². The summed E-state index contributed by atoms with van der Waals surface area (Å²) >= 11 is 0. The van der Waals surface area contributed by atoms with Gasteiger partial charge >= 0.3 is 0 Å². The highest BCUT2D eigenvalue weighted by Crippen LogP contribution is 2.05. The normalized spacial score (nSPS) is 23.9. The molecule has 0 aromatic heterocycles. The largest absolute Gasteiger partial charge is 0.369 e. The molecule has 1 aliphatic heterocycles. The molecule has 54 valence electrons. The molecular formula is C5H7N3O2. The zero-order chi connectivity index (χ0) is 7.72. The highest BCUT2D eigenvalue weighted by atomic mass is 16.2. The molecule has 0 fully saturated rings. The third-order valence-corrected chi connectivity index (χ3v) is 1.28. The van der Waals surface area contributed by atoms with Crippen molar-refractivity contribution in [2.45, 2.75) is 0 Å². The van der Waals surface area contributed by atoms with Crippen LogP contribution in [-0.4, -0.2) is 30.1 Å². The van der Waals surface area contributed by atoms with Gasteiger partial charge in [0.05, 0.1) is 0 Å². The van der Waals surface area contributed by atoms with Crippen molar-refractivity contribution in [1.82, 2.24) is 5.01 Å². The number of hydrogen-bond acceptors (Lipinski definition) is 3. The van der Waals surface area contributed by atoms with Gasteiger partial charge in [0.15, 0.2) is 5.92 Å². The van der Waals surface area contributed by atoms with E-state index in [4.69, 9.17) is 5.73 Å². The Kier molecular flexibility index (Phi) is 1.41. The Hall–Kier alpha value is -1.39. The zero-order valence-electron chi connectivity index (χ0n) is 5.44. The van der Waals surface area contributed by atoms with E-state index >= 15 is 0 Å². The molecule has 5 heteroatoms. The van der Waals surface area contributed by atoms with Crippen molar-refractivity contribution in [3.8, 4) is 0 Å². The van der Waals surface area contributed by atoms with Gasteiger partial charge in [0.25, 0.3) is 5.91 Å². The average molecular weight is 141 g/mol. The van der Waals surface area contributed by atoms with E-state index in [9.17, 15) is 9.59 Å². The van der Waals surface area contributed by atoms with Gasteiger partial charge in [0.2, 0.25) is 5.91 Å². The predicted octanol–water partition coefficient (Wildman–Crippen LogP) is -1.45. The van der Waals surface area contributed by atoms with Crippen LogP contribution in [-0.2, 0) is 9.59 Å². The molecule has 0 aliphatic carbocycles. The monoisotopic (exact) mass is 141 g/mol. The molecule has 1 aliphatic rings. The first-order chi connectivity index (χ1) is 4.63. The first kappa shape index (κ1) is 6.73. The van der Waals surface area contributed by atoms with Gasteiger partial charge in [0.1, 0.15) is 0 Å². The van der Waals surface area contributed by atoms with Gasteiger partial charge in [-0.05, 0) is 0 Å². The lowest BCUT2D eigenvalue weighted by Gasteiger charge is -2.03. The lowest BCUT2D eigenvalue weighted by Crippen LogP contribution is -2.33. The second-order valence-electron chi connectivity index (χ2n) is 2.01. The van der Waals surface area contributed by atoms with Gasteiger partial charge in [-0.1, -0.05) is 0 Å². The molecular weight excluding hydrogens is 134 g/mol. The molecule has 2 amide bonds. The number of hydrogen-bond donors (Lipinski definition) is 1. The van der Waals surface area contributed by atoms with Crippen LogP contribution in [0, 0.1) is 5.92 Å². The Labute approximate surface area is 57.5 Å². The maximum absolute atomic E-state index is 10.8. The Morgan fingerprint density at radius 1 is 1.90 bits per heavy atom. The Bertz CT molecular complexity index is 211. The zero-order valence-corrected chi connectivity index (χ0v) is 5.44. The summed E-state index contributed by atoms with van der Waals surface area (Å²) in [7, 11) is 1.47. The third kappa shape index (κ3) is 0.854. The smallest absolute Gasteiger partial charge is 0.260 e. The van der Waals surface area contributed by atoms with Crippen LogP contribution in [0.25, 0.3) is 0 Å². The van der Waals surface area contributed by atoms with Crippen LogP contribution in [0.1, 0.15) is 0 Å². The van der Waals surface area contributed by atoms with Crippen molar-refractivity contribution in [2.24, 2.45) is 16.8 Å². The number of hydrazone groups is 1. The minimum absolute atomic E-state index is 0.368. The molecule has 1 unspecified atom stereocenters. The van der Waals surface area contributed by atoms with Crippen LogP contribution < -0.4 is 5.73 Å². The van der Waals surface area contributed by atoms with Gasteiger partial charge in [0, 0.05) is 13.3 Å². The number of primary amides is 1. The summed E-state index contributed by atoms with van der Waals surface area (Å²) in [6.07, 6.45) is 1.24. The predicted molar refractivity (Wildman–Crippen MR) is 33.9 cm³/mol. The molecule has 1 rings (SSSR count). The number of rotatable bonds is 1. The summed E-state index contributed by atoms with van der Waals surface area (Å²) < 4.78 is 0. The van der Waals surface area contributed by atoms with Crippen molar-refractivity contribution < 1.29 is 9.59 Å². The molecule has 0 aromatic rings. The maximum Gasteiger partial charge on any atom is 0.260 e. The SMILES string of the molecule is CN1N=CC(C(N)=O)C1=O. The van der Waals surface area contributed by atoms with Crippen molar-refractivity contribution in [3.05, 3.63) is 0 Å². The van der Waals surface area contributed by atoms with Crippen LogP contribution in [0.2, 0.25) is 0 Å². The number of amides is 2. The number of carbonyl (C=O) groups excluding carboxylic acids is 2. The molecule has 0 saturated carbocycles. The standard InChI is InChI=1S/C5H7N3O2/c1-8-5(10)3(2-7-8)4(6)9/h2-3H,1H3,(H2,6,9). The first-order valence-corrected chi connectivity index (χ1v) is 2.74. The number of carbonyl (C=O) groups is 2. The summed E-state index contributed by atoms with van der Waals surface area (Å²) in [6, 6.07) is 0. The van der Waals surface area contributed by atoms with Crippen molar-refractivity contribution in [3.63, 3.8) is 0 Å². The van der Waals surface area contributed by atoms with Gasteiger partial charge in [-0.3, -0.25) is 9.59 Å². The van der Waals surface area contributed by atoms with Gasteiger partial charge in [-0.25, -0.2) is 5.01 Å². The highest BCUT2D eigenvalue weighted by molar-refractivity contribution is 6.14. The molecule has 0 radical (unpaired) electrons. The Morgan fingerprint density at radius 2 is 2.50 bits per heavy atom. The van der Waals surface area contributed by atoms with Crippen LogP contribution in [0.15, 0.2) is 5.10 Å². The molecule has 0 spiro atoms. The lowest BCUT2D eigenvalue weighted by molar-refractivity contribution is -0.135. The molecule has 1 heterocycles. The summed E-state index contributed by atoms with van der Waals surface area (Å²) in [4.78, 5) is 21.3. The summed E-state index contributed by atoms with van der Waals surface area (Å²) in [5, 5.41) is 4.67. The summed E-state index contributed by atoms with van der Waals surface area (Å²) in [5.41, 5.74) is 4.87. The van der Waals surface area contributed by atoms with E-state index in [2.05, 4.69) is 5.10 Å². The second-order valence-corrected chi connectivity index (χ2v) is 2.01. The molecule has 5 nitrogen and oxygen atoms in total. The fourth-order valence-corrected chi connectivity index (χ4v) is 0.684. The van der Waals surface area contributed by atoms with Crippen LogP contribution in [0.4, 0.5) is 0 Å². The molecule has 10 heavy (non-hydrogen) atoms. The minimum atomic E-state index is -0.856. The maximum atomic E-state index is 10.8. The molecule has 0 bridgehead atoms. The first-order valence-electron chi connectivity index (χ1n) is 2.74. The summed E-state index contributed by atoms with van der Waals surface area (Å²) in [5.74, 6) is -1.88. The van der Waals surface area contributed by atoms with Crippen LogP contribution in [0.3, 0.4) is 0 Å². The fourth-order valence-electron chi connectivity index (χ4n) is 0.684. The molecule has 2 N–H and O–H groups in total. The van der Waals surface area contributed by atoms with Crippen molar-refractivity contribution in [1.29, 1.82) is 0 Å². The third-order valence-electron chi connectivity index (χ3n) is 1.28. The molecule has 0 aromatic carbocycles. The van der Waals surface area contributed by atoms with Gasteiger partial charge in [-0.15, -0.1) is 0 Å².